The van der Waals surface area contributed by atoms with Gasteiger partial charge in [-0.15, -0.1) is 5.10 Å². The van der Waals surface area contributed by atoms with Crippen molar-refractivity contribution in [3.8, 4) is 0 Å². The molecule has 0 fully saturated rings. The van der Waals surface area contributed by atoms with Crippen LogP contribution in [0, 0.1) is 0 Å². The average Bonchev–Trinajstić information content (AvgIpc) is 2.65. The van der Waals surface area contributed by atoms with Gasteiger partial charge in [0.15, 0.2) is 0 Å². The van der Waals surface area contributed by atoms with Gasteiger partial charge >= 0.3 is 0 Å². The molecule has 0 spiro atoms. The predicted molar refractivity (Wildman–Crippen MR) is 58.4 cm³/mol. The Morgan fingerprint density at radius 1 is 1.57 bits per heavy atom. The third-order valence-electron chi connectivity index (χ3n) is 1.71. The largest absolute Gasteiger partial charge is 0.296 e. The zero-order chi connectivity index (χ0) is 9.97. The van der Waals surface area contributed by atoms with Gasteiger partial charge in [-0.3, -0.25) is 9.52 Å². The molecule has 0 saturated heterocycles. The van der Waals surface area contributed by atoms with Crippen LogP contribution in [-0.4, -0.2) is 21.7 Å². The Kier molecular flexibility index (Phi) is 2.64. The quantitative estimate of drug-likeness (QED) is 0.790. The number of carbonyl (C=O) groups is 1. The number of amides is 1. The SMILES string of the molecule is CSNC(=O)c1cccc2nnsc12. The number of carbonyl (C=O) groups excluding carboxylic acids is 1. The first-order valence-electron chi connectivity index (χ1n) is 3.87. The fourth-order valence-corrected chi connectivity index (χ4v) is 2.10. The molecule has 4 nitrogen and oxygen atoms in total. The van der Waals surface area contributed by atoms with Crippen molar-refractivity contribution < 1.29 is 4.79 Å². The highest BCUT2D eigenvalue weighted by Gasteiger charge is 2.11. The molecule has 0 bridgehead atoms. The molecule has 0 aliphatic rings. The summed E-state index contributed by atoms with van der Waals surface area (Å²) in [5, 5.41) is 3.90. The molecule has 1 aromatic heterocycles. The summed E-state index contributed by atoms with van der Waals surface area (Å²) in [6.07, 6.45) is 1.81. The summed E-state index contributed by atoms with van der Waals surface area (Å²) in [5.41, 5.74) is 1.40. The second kappa shape index (κ2) is 3.93. The van der Waals surface area contributed by atoms with Gasteiger partial charge < -0.3 is 0 Å². The average molecular weight is 225 g/mol. The molecule has 2 aromatic rings. The smallest absolute Gasteiger partial charge is 0.262 e. The van der Waals surface area contributed by atoms with Crippen molar-refractivity contribution in [2.24, 2.45) is 0 Å². The van der Waals surface area contributed by atoms with Crippen molar-refractivity contribution in [2.45, 2.75) is 0 Å². The van der Waals surface area contributed by atoms with Gasteiger partial charge in [0.05, 0.1) is 10.3 Å². The van der Waals surface area contributed by atoms with Gasteiger partial charge in [0.25, 0.3) is 5.91 Å². The minimum Gasteiger partial charge on any atom is -0.296 e. The van der Waals surface area contributed by atoms with Gasteiger partial charge in [0.2, 0.25) is 0 Å². The molecule has 0 aliphatic heterocycles. The molecule has 1 aromatic carbocycles. The molecule has 14 heavy (non-hydrogen) atoms. The highest BCUT2D eigenvalue weighted by atomic mass is 32.2. The number of benzene rings is 1. The maximum atomic E-state index is 11.6. The summed E-state index contributed by atoms with van der Waals surface area (Å²) in [4.78, 5) is 11.6. The second-order valence-corrected chi connectivity index (χ2v) is 3.93. The maximum absolute atomic E-state index is 11.6. The Balaban J connectivity index is 2.50. The van der Waals surface area contributed by atoms with E-state index in [1.807, 2.05) is 12.3 Å². The lowest BCUT2D eigenvalue weighted by atomic mass is 10.2. The molecule has 1 amide bonds. The Morgan fingerprint density at radius 3 is 3.21 bits per heavy atom. The summed E-state index contributed by atoms with van der Waals surface area (Å²) < 4.78 is 7.31. The normalized spacial score (nSPS) is 10.4. The summed E-state index contributed by atoms with van der Waals surface area (Å²) in [5.74, 6) is -0.103. The van der Waals surface area contributed by atoms with Crippen molar-refractivity contribution in [1.82, 2.24) is 14.3 Å². The lowest BCUT2D eigenvalue weighted by molar-refractivity contribution is 0.0986. The molecule has 0 aliphatic carbocycles. The van der Waals surface area contributed by atoms with Crippen LogP contribution in [-0.2, 0) is 0 Å². The Bertz CT molecular complexity index is 468. The zero-order valence-corrected chi connectivity index (χ0v) is 8.98. The van der Waals surface area contributed by atoms with Gasteiger partial charge in [0.1, 0.15) is 5.52 Å². The van der Waals surface area contributed by atoms with Crippen LogP contribution in [0.1, 0.15) is 10.4 Å². The molecule has 0 saturated carbocycles. The van der Waals surface area contributed by atoms with Gasteiger partial charge in [-0.1, -0.05) is 22.5 Å². The highest BCUT2D eigenvalue weighted by molar-refractivity contribution is 7.97. The molecule has 0 atom stereocenters. The highest BCUT2D eigenvalue weighted by Crippen LogP contribution is 2.20. The van der Waals surface area contributed by atoms with E-state index >= 15 is 0 Å². The van der Waals surface area contributed by atoms with E-state index in [-0.39, 0.29) is 5.91 Å². The third-order valence-corrected chi connectivity index (χ3v) is 2.88. The number of aromatic nitrogens is 2. The lowest BCUT2D eigenvalue weighted by Crippen LogP contribution is -2.14. The molecular weight excluding hydrogens is 218 g/mol. The van der Waals surface area contributed by atoms with Gasteiger partial charge in [-0.25, -0.2) is 0 Å². The summed E-state index contributed by atoms with van der Waals surface area (Å²) in [6, 6.07) is 5.42. The molecule has 2 rings (SSSR count). The predicted octanol–water partition coefficient (Wildman–Crippen LogP) is 1.70. The molecular formula is C8H7N3OS2. The third kappa shape index (κ3) is 1.58. The van der Waals surface area contributed by atoms with Crippen LogP contribution >= 0.6 is 23.5 Å². The summed E-state index contributed by atoms with van der Waals surface area (Å²) in [7, 11) is 0. The van der Waals surface area contributed by atoms with E-state index in [0.717, 1.165) is 10.2 Å². The fourth-order valence-electron chi connectivity index (χ4n) is 1.13. The first-order chi connectivity index (χ1) is 6.83. The van der Waals surface area contributed by atoms with Crippen LogP contribution < -0.4 is 4.72 Å². The number of hydrogen-bond acceptors (Lipinski definition) is 5. The van der Waals surface area contributed by atoms with E-state index in [2.05, 4.69) is 14.3 Å². The monoisotopic (exact) mass is 225 g/mol. The van der Waals surface area contributed by atoms with E-state index in [1.165, 1.54) is 23.5 Å². The van der Waals surface area contributed by atoms with Crippen LogP contribution in [0.25, 0.3) is 10.2 Å². The molecule has 1 N–H and O–H groups in total. The van der Waals surface area contributed by atoms with Crippen molar-refractivity contribution in [3.63, 3.8) is 0 Å². The zero-order valence-electron chi connectivity index (χ0n) is 7.35. The van der Waals surface area contributed by atoms with Gasteiger partial charge in [-0.2, -0.15) is 0 Å². The van der Waals surface area contributed by atoms with Crippen molar-refractivity contribution in [2.75, 3.05) is 6.26 Å². The summed E-state index contributed by atoms with van der Waals surface area (Å²) in [6.45, 7) is 0. The molecule has 6 heteroatoms. The van der Waals surface area contributed by atoms with Crippen LogP contribution in [0.5, 0.6) is 0 Å². The Labute approximate surface area is 89.0 Å². The number of nitrogens with one attached hydrogen (secondary N) is 1. The number of rotatable bonds is 2. The van der Waals surface area contributed by atoms with Crippen LogP contribution in [0.15, 0.2) is 18.2 Å². The van der Waals surface area contributed by atoms with Crippen molar-refractivity contribution in [1.29, 1.82) is 0 Å². The maximum Gasteiger partial charge on any atom is 0.262 e. The summed E-state index contributed by atoms with van der Waals surface area (Å²) >= 11 is 2.52. The lowest BCUT2D eigenvalue weighted by Gasteiger charge is -2.00. The Hall–Kier alpha value is -1.14. The van der Waals surface area contributed by atoms with E-state index in [9.17, 15) is 4.79 Å². The van der Waals surface area contributed by atoms with E-state index in [0.29, 0.717) is 5.56 Å². The minimum absolute atomic E-state index is 0.103. The molecule has 0 radical (unpaired) electrons. The van der Waals surface area contributed by atoms with Crippen molar-refractivity contribution in [3.05, 3.63) is 23.8 Å². The topological polar surface area (TPSA) is 54.9 Å². The minimum atomic E-state index is -0.103. The molecule has 0 unspecified atom stereocenters. The van der Waals surface area contributed by atoms with E-state index in [1.54, 1.807) is 12.1 Å². The first kappa shape index (κ1) is 9.42. The van der Waals surface area contributed by atoms with E-state index in [4.69, 9.17) is 0 Å². The number of fused-ring (bicyclic) bond motifs is 1. The molecule has 72 valence electrons. The van der Waals surface area contributed by atoms with Crippen molar-refractivity contribution >= 4 is 39.6 Å². The van der Waals surface area contributed by atoms with E-state index < -0.39 is 0 Å². The van der Waals surface area contributed by atoms with Gasteiger partial charge in [0, 0.05) is 6.26 Å². The molecule has 1 heterocycles. The Morgan fingerprint density at radius 2 is 2.43 bits per heavy atom. The standard InChI is InChI=1S/C8H7N3OS2/c1-13-10-8(12)5-3-2-4-6-7(5)14-11-9-6/h2-4H,1H3,(H,10,12). The number of nitrogens with zero attached hydrogens (tertiary/aromatic N) is 2. The van der Waals surface area contributed by atoms with Gasteiger partial charge in [-0.05, 0) is 23.7 Å². The number of hydrogen-bond donors (Lipinski definition) is 1. The fraction of sp³-hybridized carbons (Fsp3) is 0.125. The first-order valence-corrected chi connectivity index (χ1v) is 5.87. The second-order valence-electron chi connectivity index (χ2n) is 2.56. The van der Waals surface area contributed by atoms with Crippen LogP contribution in [0.3, 0.4) is 0 Å². The van der Waals surface area contributed by atoms with Crippen LogP contribution in [0.4, 0.5) is 0 Å². The van der Waals surface area contributed by atoms with Crippen LogP contribution in [0.2, 0.25) is 0 Å².